The highest BCUT2D eigenvalue weighted by Crippen LogP contribution is 2.37. The molecule has 0 unspecified atom stereocenters. The molecule has 0 saturated carbocycles. The van der Waals surface area contributed by atoms with Crippen molar-refractivity contribution < 1.29 is 9.72 Å². The third-order valence-electron chi connectivity index (χ3n) is 4.01. The number of ketones is 1. The Morgan fingerprint density at radius 3 is 2.73 bits per heavy atom. The fourth-order valence-electron chi connectivity index (χ4n) is 3.09. The maximum atomic E-state index is 12.4. The molecule has 0 amide bonds. The number of aryl methyl sites for hydroxylation is 1. The molecular weight excluding hydrogens is 282 g/mol. The molecule has 0 radical (unpaired) electrons. The predicted molar refractivity (Wildman–Crippen MR) is 81.4 cm³/mol. The molecule has 1 aliphatic carbocycles. The summed E-state index contributed by atoms with van der Waals surface area (Å²) in [6.45, 7) is 5.91. The number of nitro groups is 1. The first-order valence-corrected chi connectivity index (χ1v) is 7.15. The van der Waals surface area contributed by atoms with E-state index in [4.69, 9.17) is 0 Å². The fraction of sp³-hybridized carbons (Fsp3) is 0.375. The van der Waals surface area contributed by atoms with E-state index in [1.54, 1.807) is 16.8 Å². The molecule has 114 valence electrons. The van der Waals surface area contributed by atoms with Crippen molar-refractivity contribution in [2.75, 3.05) is 0 Å². The van der Waals surface area contributed by atoms with E-state index in [9.17, 15) is 14.9 Å². The minimum atomic E-state index is -0.429. The summed E-state index contributed by atoms with van der Waals surface area (Å²) >= 11 is 0. The molecule has 0 bridgehead atoms. The van der Waals surface area contributed by atoms with Crippen molar-refractivity contribution in [2.45, 2.75) is 33.6 Å². The number of benzene rings is 1. The third kappa shape index (κ3) is 2.30. The van der Waals surface area contributed by atoms with Gasteiger partial charge in [0.1, 0.15) is 0 Å². The van der Waals surface area contributed by atoms with Crippen molar-refractivity contribution in [2.24, 2.45) is 5.41 Å². The Bertz CT molecular complexity index is 790. The first-order valence-electron chi connectivity index (χ1n) is 7.15. The molecule has 0 fully saturated rings. The van der Waals surface area contributed by atoms with Gasteiger partial charge in [-0.05, 0) is 24.8 Å². The third-order valence-corrected chi connectivity index (χ3v) is 4.01. The first kappa shape index (κ1) is 14.4. The van der Waals surface area contributed by atoms with Crippen LogP contribution in [0.5, 0.6) is 0 Å². The van der Waals surface area contributed by atoms with Crippen LogP contribution in [-0.4, -0.2) is 20.5 Å². The van der Waals surface area contributed by atoms with Crippen LogP contribution in [0.15, 0.2) is 24.3 Å². The second-order valence-corrected chi connectivity index (χ2v) is 6.54. The summed E-state index contributed by atoms with van der Waals surface area (Å²) < 4.78 is 1.68. The zero-order chi connectivity index (χ0) is 16.1. The lowest BCUT2D eigenvalue weighted by molar-refractivity contribution is -0.384. The van der Waals surface area contributed by atoms with E-state index in [2.05, 4.69) is 5.10 Å². The molecule has 0 saturated heterocycles. The van der Waals surface area contributed by atoms with Crippen molar-refractivity contribution >= 4 is 11.5 Å². The van der Waals surface area contributed by atoms with Gasteiger partial charge in [-0.25, -0.2) is 4.68 Å². The standard InChI is InChI=1S/C16H17N3O3/c1-10-15-13(8-16(2,3)9-14(15)20)18(17-10)11-5-4-6-12(7-11)19(21)22/h4-7H,8-9H2,1-3H3. The van der Waals surface area contributed by atoms with Crippen LogP contribution in [0, 0.1) is 22.5 Å². The minimum Gasteiger partial charge on any atom is -0.294 e. The lowest BCUT2D eigenvalue weighted by Crippen LogP contribution is -2.28. The molecule has 0 N–H and O–H groups in total. The van der Waals surface area contributed by atoms with Crippen molar-refractivity contribution in [1.82, 2.24) is 9.78 Å². The van der Waals surface area contributed by atoms with Crippen LogP contribution in [-0.2, 0) is 6.42 Å². The number of carbonyl (C=O) groups excluding carboxylic acids is 1. The molecule has 2 aromatic rings. The monoisotopic (exact) mass is 299 g/mol. The van der Waals surface area contributed by atoms with Crippen LogP contribution in [0.4, 0.5) is 5.69 Å². The van der Waals surface area contributed by atoms with Crippen LogP contribution >= 0.6 is 0 Å². The molecule has 6 heteroatoms. The minimum absolute atomic E-state index is 0.0146. The van der Waals surface area contributed by atoms with Crippen molar-refractivity contribution in [1.29, 1.82) is 0 Å². The van der Waals surface area contributed by atoms with Crippen molar-refractivity contribution in [3.05, 3.63) is 51.3 Å². The van der Waals surface area contributed by atoms with E-state index in [0.29, 0.717) is 23.4 Å². The predicted octanol–water partition coefficient (Wildman–Crippen LogP) is 3.24. The Morgan fingerprint density at radius 2 is 2.05 bits per heavy atom. The van der Waals surface area contributed by atoms with Gasteiger partial charge < -0.3 is 0 Å². The summed E-state index contributed by atoms with van der Waals surface area (Å²) in [5.74, 6) is 0.0976. The van der Waals surface area contributed by atoms with Crippen LogP contribution in [0.3, 0.4) is 0 Å². The van der Waals surface area contributed by atoms with Gasteiger partial charge >= 0.3 is 0 Å². The Morgan fingerprint density at radius 1 is 1.32 bits per heavy atom. The molecule has 1 aromatic carbocycles. The molecule has 0 spiro atoms. The highest BCUT2D eigenvalue weighted by Gasteiger charge is 2.35. The Labute approximate surface area is 127 Å². The molecule has 1 aliphatic rings. The van der Waals surface area contributed by atoms with Gasteiger partial charge in [-0.15, -0.1) is 0 Å². The summed E-state index contributed by atoms with van der Waals surface area (Å²) in [6.07, 6.45) is 1.22. The lowest BCUT2D eigenvalue weighted by Gasteiger charge is -2.29. The maximum Gasteiger partial charge on any atom is 0.271 e. The molecule has 0 atom stereocenters. The smallest absolute Gasteiger partial charge is 0.271 e. The molecule has 22 heavy (non-hydrogen) atoms. The van der Waals surface area contributed by atoms with Gasteiger partial charge in [0.05, 0.1) is 27.6 Å². The molecule has 3 rings (SSSR count). The van der Waals surface area contributed by atoms with Gasteiger partial charge in [0.25, 0.3) is 5.69 Å². The summed E-state index contributed by atoms with van der Waals surface area (Å²) in [4.78, 5) is 22.9. The number of non-ortho nitro benzene ring substituents is 1. The van der Waals surface area contributed by atoms with E-state index >= 15 is 0 Å². The number of hydrogen-bond donors (Lipinski definition) is 0. The quantitative estimate of drug-likeness (QED) is 0.630. The highest BCUT2D eigenvalue weighted by atomic mass is 16.6. The zero-order valence-electron chi connectivity index (χ0n) is 12.8. The summed E-state index contributed by atoms with van der Waals surface area (Å²) in [7, 11) is 0. The van der Waals surface area contributed by atoms with Gasteiger partial charge in [-0.3, -0.25) is 14.9 Å². The van der Waals surface area contributed by atoms with Crippen molar-refractivity contribution in [3.63, 3.8) is 0 Å². The first-order chi connectivity index (χ1) is 10.3. The molecule has 1 aromatic heterocycles. The van der Waals surface area contributed by atoms with Gasteiger partial charge in [-0.2, -0.15) is 5.10 Å². The number of hydrogen-bond acceptors (Lipinski definition) is 4. The van der Waals surface area contributed by atoms with E-state index < -0.39 is 4.92 Å². The van der Waals surface area contributed by atoms with E-state index in [1.165, 1.54) is 12.1 Å². The normalized spacial score (nSPS) is 16.4. The van der Waals surface area contributed by atoms with E-state index in [0.717, 1.165) is 12.1 Å². The van der Waals surface area contributed by atoms with Crippen LogP contribution in [0.1, 0.15) is 42.0 Å². The van der Waals surface area contributed by atoms with E-state index in [-0.39, 0.29) is 16.9 Å². The summed E-state index contributed by atoms with van der Waals surface area (Å²) in [5.41, 5.74) is 2.70. The number of fused-ring (bicyclic) bond motifs is 1. The maximum absolute atomic E-state index is 12.4. The Balaban J connectivity index is 2.18. The number of nitrogens with zero attached hydrogens (tertiary/aromatic N) is 3. The molecular formula is C16H17N3O3. The summed E-state index contributed by atoms with van der Waals surface area (Å²) in [5, 5.41) is 15.4. The molecule has 0 aliphatic heterocycles. The van der Waals surface area contributed by atoms with Gasteiger partial charge in [0.2, 0.25) is 0 Å². The van der Waals surface area contributed by atoms with Gasteiger partial charge in [0, 0.05) is 18.6 Å². The van der Waals surface area contributed by atoms with Gasteiger partial charge in [0.15, 0.2) is 5.78 Å². The van der Waals surface area contributed by atoms with Crippen LogP contribution in [0.2, 0.25) is 0 Å². The topological polar surface area (TPSA) is 78.0 Å². The Hall–Kier alpha value is -2.50. The average Bonchev–Trinajstić information content (AvgIpc) is 2.74. The SMILES string of the molecule is Cc1nn(-c2cccc([N+](=O)[O-])c2)c2c1C(=O)CC(C)(C)C2. The van der Waals surface area contributed by atoms with Gasteiger partial charge in [-0.1, -0.05) is 19.9 Å². The molecule has 6 nitrogen and oxygen atoms in total. The summed E-state index contributed by atoms with van der Waals surface area (Å²) in [6, 6.07) is 6.33. The second kappa shape index (κ2) is 4.76. The largest absolute Gasteiger partial charge is 0.294 e. The Kier molecular flexibility index (Phi) is 3.12. The van der Waals surface area contributed by atoms with Crippen molar-refractivity contribution in [3.8, 4) is 5.69 Å². The molecule has 1 heterocycles. The highest BCUT2D eigenvalue weighted by molar-refractivity contribution is 5.99. The second-order valence-electron chi connectivity index (χ2n) is 6.54. The van der Waals surface area contributed by atoms with Crippen LogP contribution in [0.25, 0.3) is 5.69 Å². The number of carbonyl (C=O) groups is 1. The van der Waals surface area contributed by atoms with Crippen LogP contribution < -0.4 is 0 Å². The van der Waals surface area contributed by atoms with E-state index in [1.807, 2.05) is 20.8 Å². The number of rotatable bonds is 2. The average molecular weight is 299 g/mol. The number of aromatic nitrogens is 2. The fourth-order valence-corrected chi connectivity index (χ4v) is 3.09. The zero-order valence-corrected chi connectivity index (χ0v) is 12.8. The number of Topliss-reactive ketones (excluding diaryl/α,β-unsaturated/α-hetero) is 1. The lowest BCUT2D eigenvalue weighted by atomic mass is 9.75. The number of nitro benzene ring substituents is 1.